The fraction of sp³-hybridized carbons (Fsp3) is 0.182. The summed E-state index contributed by atoms with van der Waals surface area (Å²) >= 11 is 5.85. The van der Waals surface area contributed by atoms with Crippen LogP contribution in [-0.2, 0) is 16.1 Å². The van der Waals surface area contributed by atoms with Crippen molar-refractivity contribution in [3.8, 4) is 5.75 Å². The summed E-state index contributed by atoms with van der Waals surface area (Å²) in [5, 5.41) is 6.57. The Hall–Kier alpha value is -3.05. The number of amidine groups is 1. The molecule has 0 amide bonds. The van der Waals surface area contributed by atoms with E-state index < -0.39 is 11.6 Å². The lowest BCUT2D eigenvalue weighted by molar-refractivity contribution is -0.159. The number of nitrogens with two attached hydrogens (primary N) is 1. The molecule has 144 valence electrons. The number of nitrogens with zero attached hydrogens (tertiary/aromatic N) is 1. The van der Waals surface area contributed by atoms with Gasteiger partial charge < -0.3 is 15.3 Å². The van der Waals surface area contributed by atoms with Crippen molar-refractivity contribution in [2.75, 3.05) is 0 Å². The molecule has 0 spiro atoms. The molecular weight excluding hydrogens is 376 g/mol. The van der Waals surface area contributed by atoms with Crippen LogP contribution in [0.15, 0.2) is 71.9 Å². The number of ether oxygens (including phenoxy) is 1. The van der Waals surface area contributed by atoms with Crippen LogP contribution in [0.4, 0.5) is 0 Å². The van der Waals surface area contributed by atoms with Gasteiger partial charge in [-0.05, 0) is 54.4 Å². The molecule has 3 aromatic rings. The lowest BCUT2D eigenvalue weighted by Crippen LogP contribution is -2.39. The normalized spacial score (nSPS) is 12.0. The number of rotatable bonds is 6. The van der Waals surface area contributed by atoms with Crippen LogP contribution in [0.25, 0.3) is 10.8 Å². The zero-order valence-corrected chi connectivity index (χ0v) is 16.4. The highest BCUT2D eigenvalue weighted by molar-refractivity contribution is 6.30. The predicted octanol–water partition coefficient (Wildman–Crippen LogP) is 4.71. The first-order valence-electron chi connectivity index (χ1n) is 8.80. The molecule has 28 heavy (non-hydrogen) atoms. The highest BCUT2D eigenvalue weighted by Crippen LogP contribution is 2.22. The van der Waals surface area contributed by atoms with E-state index in [0.29, 0.717) is 17.2 Å². The van der Waals surface area contributed by atoms with E-state index in [1.165, 1.54) is 0 Å². The second kappa shape index (κ2) is 8.31. The van der Waals surface area contributed by atoms with Crippen molar-refractivity contribution in [2.24, 2.45) is 10.9 Å². The van der Waals surface area contributed by atoms with Gasteiger partial charge in [-0.2, -0.15) is 0 Å². The highest BCUT2D eigenvalue weighted by atomic mass is 35.5. The number of halogens is 1. The van der Waals surface area contributed by atoms with Gasteiger partial charge in [0, 0.05) is 11.4 Å². The Morgan fingerprint density at radius 1 is 1.04 bits per heavy atom. The summed E-state index contributed by atoms with van der Waals surface area (Å²) in [4.78, 5) is 17.4. The van der Waals surface area contributed by atoms with Crippen LogP contribution in [0.1, 0.15) is 19.4 Å². The molecule has 3 aromatic carbocycles. The van der Waals surface area contributed by atoms with Crippen LogP contribution in [0.2, 0.25) is 5.02 Å². The molecule has 0 aliphatic heterocycles. The van der Waals surface area contributed by atoms with Gasteiger partial charge >= 0.3 is 5.97 Å². The summed E-state index contributed by atoms with van der Waals surface area (Å²) in [5.74, 6) is 0.0503. The molecule has 0 heterocycles. The van der Waals surface area contributed by atoms with E-state index in [-0.39, 0.29) is 5.84 Å². The van der Waals surface area contributed by atoms with E-state index in [1.807, 2.05) is 42.5 Å². The lowest BCUT2D eigenvalue weighted by Gasteiger charge is -2.22. The number of benzene rings is 3. The zero-order valence-electron chi connectivity index (χ0n) is 15.7. The summed E-state index contributed by atoms with van der Waals surface area (Å²) in [6.45, 7) is 3.20. The molecule has 6 heteroatoms. The monoisotopic (exact) mass is 396 g/mol. The van der Waals surface area contributed by atoms with Crippen LogP contribution < -0.4 is 10.5 Å². The number of hydrogen-bond donors (Lipinski definition) is 1. The molecule has 0 saturated heterocycles. The number of hydrogen-bond acceptors (Lipinski definition) is 4. The van der Waals surface area contributed by atoms with Gasteiger partial charge in [0.25, 0.3) is 0 Å². The maximum atomic E-state index is 12.4. The van der Waals surface area contributed by atoms with Gasteiger partial charge in [0.15, 0.2) is 0 Å². The van der Waals surface area contributed by atoms with Gasteiger partial charge in [-0.25, -0.2) is 4.79 Å². The van der Waals surface area contributed by atoms with E-state index >= 15 is 0 Å². The van der Waals surface area contributed by atoms with Gasteiger partial charge in [0.1, 0.15) is 11.6 Å². The summed E-state index contributed by atoms with van der Waals surface area (Å²) in [6, 6.07) is 20.7. The molecule has 0 aliphatic rings. The van der Waals surface area contributed by atoms with E-state index in [9.17, 15) is 4.79 Å². The predicted molar refractivity (Wildman–Crippen MR) is 112 cm³/mol. The minimum Gasteiger partial charge on any atom is -0.476 e. The number of carbonyl (C=O) groups is 1. The van der Waals surface area contributed by atoms with Crippen molar-refractivity contribution in [2.45, 2.75) is 25.9 Å². The van der Waals surface area contributed by atoms with Gasteiger partial charge in [-0.15, -0.1) is 0 Å². The lowest BCUT2D eigenvalue weighted by atomic mass is 10.0. The first kappa shape index (κ1) is 19.7. The van der Waals surface area contributed by atoms with Gasteiger partial charge in [-0.1, -0.05) is 59.2 Å². The zero-order chi connectivity index (χ0) is 20.1. The fourth-order valence-corrected chi connectivity index (χ4v) is 2.85. The third-order valence-electron chi connectivity index (χ3n) is 4.18. The average Bonchev–Trinajstić information content (AvgIpc) is 2.68. The first-order valence-corrected chi connectivity index (χ1v) is 9.18. The summed E-state index contributed by atoms with van der Waals surface area (Å²) in [6.07, 6.45) is 0.368. The maximum Gasteiger partial charge on any atom is 0.377 e. The molecule has 0 aromatic heterocycles. The molecule has 0 radical (unpaired) electrons. The topological polar surface area (TPSA) is 73.9 Å². The third kappa shape index (κ3) is 4.81. The SMILES string of the molecule is CC(C)(Oc1ccc(Cl)cc1)C(=O)ON=C(N)Cc1cccc2ccccc12. The summed E-state index contributed by atoms with van der Waals surface area (Å²) in [5.41, 5.74) is 5.74. The van der Waals surface area contributed by atoms with Crippen molar-refractivity contribution in [1.82, 2.24) is 0 Å². The standard InChI is InChI=1S/C22H21ClN2O3/c1-22(2,27-18-12-10-17(23)11-13-18)21(26)28-25-20(24)14-16-8-5-7-15-6-3-4-9-19(15)16/h3-13H,14H2,1-2H3,(H2,24,25). The molecule has 0 unspecified atom stereocenters. The highest BCUT2D eigenvalue weighted by Gasteiger charge is 2.32. The van der Waals surface area contributed by atoms with Crippen molar-refractivity contribution in [1.29, 1.82) is 0 Å². The Morgan fingerprint density at radius 3 is 2.46 bits per heavy atom. The molecule has 2 N–H and O–H groups in total. The van der Waals surface area contributed by atoms with Crippen LogP contribution >= 0.6 is 11.6 Å². The fourth-order valence-electron chi connectivity index (χ4n) is 2.72. The third-order valence-corrected chi connectivity index (χ3v) is 4.43. The second-order valence-corrected chi connectivity index (χ2v) is 7.28. The quantitative estimate of drug-likeness (QED) is 0.283. The molecule has 0 fully saturated rings. The van der Waals surface area contributed by atoms with E-state index in [1.54, 1.807) is 38.1 Å². The molecule has 0 atom stereocenters. The van der Waals surface area contributed by atoms with Crippen molar-refractivity contribution in [3.05, 3.63) is 77.3 Å². The second-order valence-electron chi connectivity index (χ2n) is 6.84. The molecule has 5 nitrogen and oxygen atoms in total. The number of fused-ring (bicyclic) bond motifs is 1. The van der Waals surface area contributed by atoms with Crippen molar-refractivity contribution < 1.29 is 14.4 Å². The smallest absolute Gasteiger partial charge is 0.377 e. The van der Waals surface area contributed by atoms with E-state index in [0.717, 1.165) is 16.3 Å². The molecule has 0 bridgehead atoms. The minimum atomic E-state index is -1.24. The van der Waals surface area contributed by atoms with Gasteiger partial charge in [0.2, 0.25) is 5.60 Å². The van der Waals surface area contributed by atoms with Crippen molar-refractivity contribution >= 4 is 34.2 Å². The molecule has 0 aliphatic carbocycles. The van der Waals surface area contributed by atoms with Gasteiger partial charge in [0.05, 0.1) is 0 Å². The number of oxime groups is 1. The molecule has 3 rings (SSSR count). The maximum absolute atomic E-state index is 12.4. The summed E-state index contributed by atoms with van der Waals surface area (Å²) in [7, 11) is 0. The molecule has 0 saturated carbocycles. The largest absolute Gasteiger partial charge is 0.476 e. The Labute approximate surface area is 168 Å². The Bertz CT molecular complexity index is 1010. The van der Waals surface area contributed by atoms with Crippen LogP contribution in [0.5, 0.6) is 5.75 Å². The average molecular weight is 397 g/mol. The van der Waals surface area contributed by atoms with Crippen LogP contribution in [0.3, 0.4) is 0 Å². The summed E-state index contributed by atoms with van der Waals surface area (Å²) < 4.78 is 5.68. The van der Waals surface area contributed by atoms with E-state index in [4.69, 9.17) is 26.9 Å². The first-order chi connectivity index (χ1) is 13.3. The minimum absolute atomic E-state index is 0.201. The van der Waals surface area contributed by atoms with Crippen molar-refractivity contribution in [3.63, 3.8) is 0 Å². The Kier molecular flexibility index (Phi) is 5.85. The number of carbonyl (C=O) groups excluding carboxylic acids is 1. The molecular formula is C22H21ClN2O3. The van der Waals surface area contributed by atoms with Gasteiger partial charge in [-0.3, -0.25) is 0 Å². The Morgan fingerprint density at radius 2 is 1.71 bits per heavy atom. The van der Waals surface area contributed by atoms with E-state index in [2.05, 4.69) is 5.16 Å². The van der Waals surface area contributed by atoms with Crippen LogP contribution in [-0.4, -0.2) is 17.4 Å². The van der Waals surface area contributed by atoms with Crippen LogP contribution in [0, 0.1) is 0 Å². The Balaban J connectivity index is 1.66.